The Morgan fingerprint density at radius 1 is 1.23 bits per heavy atom. The highest BCUT2D eigenvalue weighted by atomic mass is 16.3. The number of unbranched alkanes of at least 4 members (excludes halogenated alkanes) is 1. The molecule has 0 saturated heterocycles. The molecule has 1 aromatic rings. The Morgan fingerprint density at radius 3 is 2.59 bits per heavy atom. The number of aliphatic hydroxyl groups excluding tert-OH is 1. The van der Waals surface area contributed by atoms with Crippen LogP contribution in [0.2, 0.25) is 0 Å². The number of hydrogen-bond donors (Lipinski definition) is 3. The van der Waals surface area contributed by atoms with Gasteiger partial charge in [-0.05, 0) is 18.6 Å². The molecule has 22 heavy (non-hydrogen) atoms. The largest absolute Gasteiger partial charge is 0.399 e. The molecule has 0 aliphatic carbocycles. The Bertz CT molecular complexity index is 579. The summed E-state index contributed by atoms with van der Waals surface area (Å²) in [6, 6.07) is 9.42. The smallest absolute Gasteiger partial charge is 0.118 e. The predicted molar refractivity (Wildman–Crippen MR) is 86.9 cm³/mol. The Morgan fingerprint density at radius 2 is 1.95 bits per heavy atom. The number of nitrogens with zero attached hydrogens (tertiary/aromatic N) is 3. The normalized spacial score (nSPS) is 19.0. The number of aliphatic hydroxyl groups is 1. The van der Waals surface area contributed by atoms with Crippen LogP contribution in [0.3, 0.4) is 0 Å². The molecule has 2 rings (SSSR count). The summed E-state index contributed by atoms with van der Waals surface area (Å²) in [5.41, 5.74) is 14.5. The van der Waals surface area contributed by atoms with E-state index < -0.39 is 6.17 Å². The van der Waals surface area contributed by atoms with Crippen molar-refractivity contribution in [3.63, 3.8) is 0 Å². The lowest BCUT2D eigenvalue weighted by molar-refractivity contribution is 0.282. The van der Waals surface area contributed by atoms with Gasteiger partial charge in [0.25, 0.3) is 0 Å². The van der Waals surface area contributed by atoms with Crippen molar-refractivity contribution in [3.8, 4) is 0 Å². The summed E-state index contributed by atoms with van der Waals surface area (Å²) in [6.07, 6.45) is 3.47. The summed E-state index contributed by atoms with van der Waals surface area (Å²) < 4.78 is 0. The molecule has 118 valence electrons. The van der Waals surface area contributed by atoms with Crippen molar-refractivity contribution in [1.82, 2.24) is 4.90 Å². The monoisotopic (exact) mass is 301 g/mol. The van der Waals surface area contributed by atoms with Gasteiger partial charge in [0, 0.05) is 18.3 Å². The van der Waals surface area contributed by atoms with E-state index in [1.54, 1.807) is 0 Å². The quantitative estimate of drug-likeness (QED) is 0.701. The number of hydrogen-bond acceptors (Lipinski definition) is 6. The number of azo groups is 1. The number of benzene rings is 1. The third kappa shape index (κ3) is 3.72. The van der Waals surface area contributed by atoms with Crippen LogP contribution in [0.25, 0.3) is 0 Å². The first-order chi connectivity index (χ1) is 10.7. The fourth-order valence-corrected chi connectivity index (χ4v) is 2.23. The van der Waals surface area contributed by atoms with Gasteiger partial charge in [0.05, 0.1) is 18.0 Å². The van der Waals surface area contributed by atoms with E-state index in [0.717, 1.165) is 25.1 Å². The molecule has 6 nitrogen and oxygen atoms in total. The van der Waals surface area contributed by atoms with E-state index in [2.05, 4.69) is 17.2 Å². The molecule has 1 aliphatic heterocycles. The van der Waals surface area contributed by atoms with Crippen LogP contribution in [0.4, 0.5) is 5.69 Å². The zero-order valence-electron chi connectivity index (χ0n) is 12.8. The molecule has 1 heterocycles. The standard InChI is InChI=1S/C16H23N5O/c1-2-3-9-21-10-14(13(11-22)15(17)16(21)18)20-19-12-7-5-4-6-8-12/h4-8,10,16,22H,2-3,9,11,17-18H2,1H3. The van der Waals surface area contributed by atoms with Gasteiger partial charge in [-0.2, -0.15) is 5.11 Å². The summed E-state index contributed by atoms with van der Waals surface area (Å²) in [6.45, 7) is 2.70. The summed E-state index contributed by atoms with van der Waals surface area (Å²) in [4.78, 5) is 1.94. The molecule has 0 aromatic heterocycles. The highest BCUT2D eigenvalue weighted by Gasteiger charge is 2.24. The second-order valence-corrected chi connectivity index (χ2v) is 5.18. The van der Waals surface area contributed by atoms with Gasteiger partial charge < -0.3 is 21.5 Å². The topological polar surface area (TPSA) is 100 Å². The highest BCUT2D eigenvalue weighted by molar-refractivity contribution is 5.40. The lowest BCUT2D eigenvalue weighted by atomic mass is 10.1. The van der Waals surface area contributed by atoms with Crippen molar-refractivity contribution in [2.75, 3.05) is 13.2 Å². The maximum Gasteiger partial charge on any atom is 0.118 e. The second kappa shape index (κ2) is 7.72. The first kappa shape index (κ1) is 16.2. The first-order valence-electron chi connectivity index (χ1n) is 7.47. The minimum Gasteiger partial charge on any atom is -0.399 e. The van der Waals surface area contributed by atoms with Gasteiger partial charge in [-0.25, -0.2) is 0 Å². The predicted octanol–water partition coefficient (Wildman–Crippen LogP) is 2.22. The summed E-state index contributed by atoms with van der Waals surface area (Å²) in [7, 11) is 0. The summed E-state index contributed by atoms with van der Waals surface area (Å²) >= 11 is 0. The van der Waals surface area contributed by atoms with Crippen LogP contribution in [-0.4, -0.2) is 29.3 Å². The molecule has 0 radical (unpaired) electrons. The van der Waals surface area contributed by atoms with Crippen LogP contribution in [0.5, 0.6) is 0 Å². The molecule has 0 fully saturated rings. The Hall–Kier alpha value is -2.18. The Labute approximate surface area is 130 Å². The van der Waals surface area contributed by atoms with Crippen LogP contribution in [-0.2, 0) is 0 Å². The van der Waals surface area contributed by atoms with Crippen LogP contribution >= 0.6 is 0 Å². The van der Waals surface area contributed by atoms with Gasteiger partial charge >= 0.3 is 0 Å². The van der Waals surface area contributed by atoms with Crippen molar-refractivity contribution in [3.05, 3.63) is 53.5 Å². The molecule has 0 saturated carbocycles. The zero-order valence-corrected chi connectivity index (χ0v) is 12.8. The van der Waals surface area contributed by atoms with Crippen LogP contribution < -0.4 is 11.5 Å². The van der Waals surface area contributed by atoms with Crippen LogP contribution in [0.1, 0.15) is 19.8 Å². The van der Waals surface area contributed by atoms with Crippen molar-refractivity contribution < 1.29 is 5.11 Å². The number of nitrogens with two attached hydrogens (primary N) is 2. The molecule has 0 spiro atoms. The molecule has 5 N–H and O–H groups in total. The molecular formula is C16H23N5O. The molecule has 1 aliphatic rings. The first-order valence-corrected chi connectivity index (χ1v) is 7.47. The molecular weight excluding hydrogens is 278 g/mol. The van der Waals surface area contributed by atoms with Gasteiger partial charge in [-0.1, -0.05) is 31.5 Å². The lowest BCUT2D eigenvalue weighted by Gasteiger charge is -2.33. The average Bonchev–Trinajstić information content (AvgIpc) is 2.55. The Balaban J connectivity index is 2.26. The molecule has 1 atom stereocenters. The molecule has 1 aromatic carbocycles. The van der Waals surface area contributed by atoms with Crippen LogP contribution in [0, 0.1) is 0 Å². The van der Waals surface area contributed by atoms with E-state index >= 15 is 0 Å². The van der Waals surface area contributed by atoms with Gasteiger partial charge in [0.15, 0.2) is 0 Å². The van der Waals surface area contributed by atoms with Crippen molar-refractivity contribution in [2.45, 2.75) is 25.9 Å². The summed E-state index contributed by atoms with van der Waals surface area (Å²) in [5, 5.41) is 18.0. The van der Waals surface area contributed by atoms with Crippen molar-refractivity contribution in [1.29, 1.82) is 0 Å². The lowest BCUT2D eigenvalue weighted by Crippen LogP contribution is -2.46. The van der Waals surface area contributed by atoms with Crippen LogP contribution in [0.15, 0.2) is 63.7 Å². The maximum atomic E-state index is 9.55. The van der Waals surface area contributed by atoms with Crippen molar-refractivity contribution >= 4 is 5.69 Å². The van der Waals surface area contributed by atoms with Gasteiger partial charge in [0.1, 0.15) is 11.9 Å². The zero-order chi connectivity index (χ0) is 15.9. The van der Waals surface area contributed by atoms with Gasteiger partial charge in [0.2, 0.25) is 0 Å². The molecule has 0 amide bonds. The van der Waals surface area contributed by atoms with Crippen molar-refractivity contribution in [2.24, 2.45) is 21.7 Å². The van der Waals surface area contributed by atoms with E-state index in [9.17, 15) is 5.11 Å². The second-order valence-electron chi connectivity index (χ2n) is 5.18. The fraction of sp³-hybridized carbons (Fsp3) is 0.375. The van der Waals surface area contributed by atoms with E-state index in [1.807, 2.05) is 41.4 Å². The molecule has 1 unspecified atom stereocenters. The average molecular weight is 301 g/mol. The highest BCUT2D eigenvalue weighted by Crippen LogP contribution is 2.25. The SMILES string of the molecule is CCCCN1C=C(N=Nc2ccccc2)C(CO)=C(N)C1N. The van der Waals surface area contributed by atoms with E-state index in [1.165, 1.54) is 0 Å². The third-order valence-corrected chi connectivity index (χ3v) is 3.58. The minimum atomic E-state index is -0.427. The van der Waals surface area contributed by atoms with E-state index in [0.29, 0.717) is 17.0 Å². The Kier molecular flexibility index (Phi) is 5.68. The maximum absolute atomic E-state index is 9.55. The summed E-state index contributed by atoms with van der Waals surface area (Å²) in [5.74, 6) is 0. The molecule has 6 heteroatoms. The number of rotatable bonds is 6. The van der Waals surface area contributed by atoms with Gasteiger partial charge in [-0.15, -0.1) is 5.11 Å². The minimum absolute atomic E-state index is 0.208. The molecule has 0 bridgehead atoms. The van der Waals surface area contributed by atoms with Gasteiger partial charge in [-0.3, -0.25) is 0 Å². The van der Waals surface area contributed by atoms with E-state index in [-0.39, 0.29) is 6.61 Å². The fourth-order valence-electron chi connectivity index (χ4n) is 2.23. The third-order valence-electron chi connectivity index (χ3n) is 3.58. The van der Waals surface area contributed by atoms with E-state index in [4.69, 9.17) is 11.5 Å².